The summed E-state index contributed by atoms with van der Waals surface area (Å²) in [6, 6.07) is -1.27. The second-order valence-electron chi connectivity index (χ2n) is 11.5. The van der Waals surface area contributed by atoms with Gasteiger partial charge in [-0.3, -0.25) is 14.4 Å². The van der Waals surface area contributed by atoms with E-state index in [0.717, 1.165) is 32.1 Å². The van der Waals surface area contributed by atoms with Crippen molar-refractivity contribution in [2.24, 2.45) is 17.8 Å². The van der Waals surface area contributed by atoms with Gasteiger partial charge < -0.3 is 24.5 Å². The standard InChI is InChI=1S/C28H41N3O5/c1-4-14-29-15-8-12-21-22(25(29)33)23-26(34)31(20(17-32)18(2)3)24-27(35)30(19-10-6-5-7-11-19)16-9-13-28(23,24)36-21/h8-9,12-13,18-24,32H,4-7,10-11,14-17H2,1-3H3/t20-,21+,22-,23-,24?,28-/m0/s1. The van der Waals surface area contributed by atoms with Crippen LogP contribution in [0.3, 0.4) is 0 Å². The highest BCUT2D eigenvalue weighted by Gasteiger charge is 2.72. The molecule has 0 aromatic carbocycles. The van der Waals surface area contributed by atoms with Gasteiger partial charge in [-0.2, -0.15) is 0 Å². The zero-order valence-corrected chi connectivity index (χ0v) is 21.8. The summed E-state index contributed by atoms with van der Waals surface area (Å²) in [7, 11) is 0. The first-order valence-electron chi connectivity index (χ1n) is 13.9. The molecule has 4 aliphatic heterocycles. The number of carbonyl (C=O) groups excluding carboxylic acids is 3. The Hall–Kier alpha value is -2.19. The largest absolute Gasteiger partial charge is 0.394 e. The first kappa shape index (κ1) is 25.5. The maximum Gasteiger partial charge on any atom is 0.249 e. The lowest BCUT2D eigenvalue weighted by atomic mass is 9.77. The fourth-order valence-corrected chi connectivity index (χ4v) is 7.32. The van der Waals surface area contributed by atoms with E-state index < -0.39 is 35.6 Å². The second kappa shape index (κ2) is 9.93. The lowest BCUT2D eigenvalue weighted by Gasteiger charge is -2.42. The molecule has 1 unspecified atom stereocenters. The molecule has 8 heteroatoms. The van der Waals surface area contributed by atoms with Crippen molar-refractivity contribution in [2.75, 3.05) is 26.2 Å². The maximum atomic E-state index is 14.4. The van der Waals surface area contributed by atoms with Crippen LogP contribution in [0.2, 0.25) is 0 Å². The minimum absolute atomic E-state index is 0.0601. The van der Waals surface area contributed by atoms with Gasteiger partial charge in [0.25, 0.3) is 0 Å². The molecule has 3 amide bonds. The summed E-state index contributed by atoms with van der Waals surface area (Å²) < 4.78 is 6.71. The van der Waals surface area contributed by atoms with Gasteiger partial charge in [-0.05, 0) is 25.2 Å². The van der Waals surface area contributed by atoms with Crippen molar-refractivity contribution in [1.82, 2.24) is 14.7 Å². The monoisotopic (exact) mass is 499 g/mol. The Morgan fingerprint density at radius 1 is 1.06 bits per heavy atom. The molecule has 2 saturated heterocycles. The quantitative estimate of drug-likeness (QED) is 0.566. The topological polar surface area (TPSA) is 90.4 Å². The van der Waals surface area contributed by atoms with Crippen LogP contribution in [-0.2, 0) is 19.1 Å². The van der Waals surface area contributed by atoms with Crippen LogP contribution in [0.4, 0.5) is 0 Å². The highest BCUT2D eigenvalue weighted by Crippen LogP contribution is 2.54. The predicted octanol–water partition coefficient (Wildman–Crippen LogP) is 2.12. The van der Waals surface area contributed by atoms with Gasteiger partial charge >= 0.3 is 0 Å². The number of ether oxygens (including phenoxy) is 1. The van der Waals surface area contributed by atoms with Gasteiger partial charge in [0.1, 0.15) is 11.6 Å². The summed E-state index contributed by atoms with van der Waals surface area (Å²) >= 11 is 0. The van der Waals surface area contributed by atoms with Crippen molar-refractivity contribution in [1.29, 1.82) is 0 Å². The summed E-state index contributed by atoms with van der Waals surface area (Å²) in [6.45, 7) is 7.29. The number of likely N-dealkylation sites (tertiary alicyclic amines) is 1. The molecule has 0 aromatic heterocycles. The number of carbonyl (C=O) groups is 3. The Morgan fingerprint density at radius 2 is 1.81 bits per heavy atom. The second-order valence-corrected chi connectivity index (χ2v) is 11.5. The summed E-state index contributed by atoms with van der Waals surface area (Å²) in [5.41, 5.74) is -1.22. The van der Waals surface area contributed by atoms with E-state index in [1.54, 1.807) is 9.80 Å². The minimum atomic E-state index is -1.22. The third kappa shape index (κ3) is 3.83. The van der Waals surface area contributed by atoms with E-state index in [9.17, 15) is 19.5 Å². The number of hydrogen-bond acceptors (Lipinski definition) is 5. The van der Waals surface area contributed by atoms with E-state index >= 15 is 0 Å². The molecule has 5 rings (SSSR count). The first-order valence-corrected chi connectivity index (χ1v) is 13.9. The fraction of sp³-hybridized carbons (Fsp3) is 0.750. The van der Waals surface area contributed by atoms with E-state index in [0.29, 0.717) is 19.6 Å². The van der Waals surface area contributed by atoms with Crippen LogP contribution in [0.15, 0.2) is 24.3 Å². The molecule has 1 aliphatic carbocycles. The summed E-state index contributed by atoms with van der Waals surface area (Å²) in [5, 5.41) is 10.4. The van der Waals surface area contributed by atoms with E-state index in [1.165, 1.54) is 6.42 Å². The Morgan fingerprint density at radius 3 is 2.47 bits per heavy atom. The van der Waals surface area contributed by atoms with Crippen LogP contribution >= 0.6 is 0 Å². The highest BCUT2D eigenvalue weighted by molar-refractivity contribution is 6.00. The van der Waals surface area contributed by atoms with E-state index in [-0.39, 0.29) is 36.3 Å². The molecule has 0 radical (unpaired) electrons. The van der Waals surface area contributed by atoms with Gasteiger partial charge in [0.2, 0.25) is 17.7 Å². The Kier molecular flexibility index (Phi) is 7.03. The Balaban J connectivity index is 1.61. The van der Waals surface area contributed by atoms with E-state index in [4.69, 9.17) is 4.74 Å². The zero-order chi connectivity index (χ0) is 25.6. The van der Waals surface area contributed by atoms with Crippen LogP contribution in [0.25, 0.3) is 0 Å². The molecular formula is C28H41N3O5. The van der Waals surface area contributed by atoms with Crippen molar-refractivity contribution in [3.8, 4) is 0 Å². The molecule has 1 spiro atoms. The molecule has 3 fully saturated rings. The molecule has 4 heterocycles. The summed E-state index contributed by atoms with van der Waals surface area (Å²) in [4.78, 5) is 47.9. The third-order valence-corrected chi connectivity index (χ3v) is 9.03. The predicted molar refractivity (Wildman–Crippen MR) is 135 cm³/mol. The van der Waals surface area contributed by atoms with Crippen molar-refractivity contribution in [3.05, 3.63) is 24.3 Å². The zero-order valence-electron chi connectivity index (χ0n) is 21.8. The van der Waals surface area contributed by atoms with Crippen LogP contribution < -0.4 is 0 Å². The summed E-state index contributed by atoms with van der Waals surface area (Å²) in [6.07, 6.45) is 13.3. The van der Waals surface area contributed by atoms with Crippen molar-refractivity contribution in [2.45, 2.75) is 89.1 Å². The third-order valence-electron chi connectivity index (χ3n) is 9.03. The molecule has 0 bridgehead atoms. The molecule has 1 saturated carbocycles. The lowest BCUT2D eigenvalue weighted by molar-refractivity contribution is -0.154. The van der Waals surface area contributed by atoms with Crippen molar-refractivity contribution < 1.29 is 24.2 Å². The van der Waals surface area contributed by atoms with Gasteiger partial charge in [0, 0.05) is 25.7 Å². The van der Waals surface area contributed by atoms with Crippen LogP contribution in [-0.4, -0.2) is 93.6 Å². The SMILES string of the molecule is CCCN1CC=C[C@H]2O[C@]34C=CCN(C5CCCCC5)C(=O)C3N([C@@H](CO)C(C)C)C(=O)[C@@H]4[C@H]2C1=O. The number of rotatable bonds is 6. The van der Waals surface area contributed by atoms with Gasteiger partial charge in [-0.25, -0.2) is 0 Å². The smallest absolute Gasteiger partial charge is 0.249 e. The number of hydrogen-bond donors (Lipinski definition) is 1. The molecule has 1 N–H and O–H groups in total. The fourth-order valence-electron chi connectivity index (χ4n) is 7.32. The molecule has 6 atom stereocenters. The molecular weight excluding hydrogens is 458 g/mol. The number of fused-ring (bicyclic) bond motifs is 2. The normalized spacial score (nSPS) is 35.7. The van der Waals surface area contributed by atoms with Crippen LogP contribution in [0, 0.1) is 17.8 Å². The minimum Gasteiger partial charge on any atom is -0.394 e. The van der Waals surface area contributed by atoms with Crippen LogP contribution in [0.1, 0.15) is 59.3 Å². The van der Waals surface area contributed by atoms with Gasteiger partial charge in [-0.15, -0.1) is 0 Å². The first-order chi connectivity index (χ1) is 17.4. The number of aliphatic hydroxyl groups is 1. The van der Waals surface area contributed by atoms with Crippen LogP contribution in [0.5, 0.6) is 0 Å². The van der Waals surface area contributed by atoms with E-state index in [2.05, 4.69) is 0 Å². The highest BCUT2D eigenvalue weighted by atomic mass is 16.5. The molecule has 8 nitrogen and oxygen atoms in total. The Labute approximate surface area is 214 Å². The van der Waals surface area contributed by atoms with Crippen molar-refractivity contribution in [3.63, 3.8) is 0 Å². The number of nitrogens with zero attached hydrogens (tertiary/aromatic N) is 3. The molecule has 198 valence electrons. The maximum absolute atomic E-state index is 14.4. The molecule has 0 aromatic rings. The van der Waals surface area contributed by atoms with E-state index in [1.807, 2.05) is 50.0 Å². The average molecular weight is 500 g/mol. The lowest BCUT2D eigenvalue weighted by Crippen LogP contribution is -2.60. The van der Waals surface area contributed by atoms with Gasteiger partial charge in [0.15, 0.2) is 0 Å². The van der Waals surface area contributed by atoms with Gasteiger partial charge in [0.05, 0.1) is 30.6 Å². The number of aliphatic hydroxyl groups excluding tert-OH is 1. The van der Waals surface area contributed by atoms with Crippen molar-refractivity contribution >= 4 is 17.7 Å². The molecule has 36 heavy (non-hydrogen) atoms. The average Bonchev–Trinajstić information content (AvgIpc) is 3.18. The Bertz CT molecular complexity index is 941. The summed E-state index contributed by atoms with van der Waals surface area (Å²) in [5.74, 6) is -1.97. The van der Waals surface area contributed by atoms with Gasteiger partial charge in [-0.1, -0.05) is 64.3 Å². The molecule has 5 aliphatic rings. The number of amides is 3.